The minimum absolute atomic E-state index is 0.268. The Morgan fingerprint density at radius 2 is 1.70 bits per heavy atom. The molecule has 108 valence electrons. The second kappa shape index (κ2) is 6.40. The van der Waals surface area contributed by atoms with Crippen molar-refractivity contribution < 1.29 is 4.79 Å². The van der Waals surface area contributed by atoms with E-state index >= 15 is 0 Å². The van der Waals surface area contributed by atoms with E-state index in [9.17, 15) is 4.79 Å². The maximum Gasteiger partial charge on any atom is 0.236 e. The maximum atomic E-state index is 12.3. The third-order valence-corrected chi connectivity index (χ3v) is 4.67. The molecule has 0 saturated heterocycles. The molecule has 1 N–H and O–H groups in total. The lowest BCUT2D eigenvalue weighted by molar-refractivity contribution is -0.130. The molecule has 1 heterocycles. The first-order valence-corrected chi connectivity index (χ1v) is 7.91. The van der Waals surface area contributed by atoms with E-state index in [1.165, 1.54) is 36.8 Å². The van der Waals surface area contributed by atoms with E-state index in [1.807, 2.05) is 4.90 Å². The van der Waals surface area contributed by atoms with Gasteiger partial charge in [0.05, 0.1) is 6.54 Å². The molecule has 0 aromatic heterocycles. The van der Waals surface area contributed by atoms with Crippen LogP contribution >= 0.6 is 0 Å². The average molecular weight is 272 g/mol. The van der Waals surface area contributed by atoms with Crippen LogP contribution in [0, 0.1) is 0 Å². The molecule has 1 aromatic rings. The largest absolute Gasteiger partial charge is 0.341 e. The topological polar surface area (TPSA) is 32.3 Å². The van der Waals surface area contributed by atoms with Gasteiger partial charge < -0.3 is 10.2 Å². The van der Waals surface area contributed by atoms with Crippen molar-refractivity contribution in [2.75, 3.05) is 19.6 Å². The quantitative estimate of drug-likeness (QED) is 0.914. The van der Waals surface area contributed by atoms with E-state index in [4.69, 9.17) is 0 Å². The number of hydrogen-bond donors (Lipinski definition) is 1. The fourth-order valence-corrected chi connectivity index (χ4v) is 3.39. The Kier molecular flexibility index (Phi) is 4.36. The highest BCUT2D eigenvalue weighted by Gasteiger charge is 2.20. The third-order valence-electron chi connectivity index (χ3n) is 4.67. The van der Waals surface area contributed by atoms with Crippen molar-refractivity contribution >= 4 is 5.91 Å². The molecule has 3 rings (SSSR count). The lowest BCUT2D eigenvalue weighted by Crippen LogP contribution is -2.42. The number of nitrogens with zero attached hydrogens (tertiary/aromatic N) is 1. The molecule has 1 aromatic carbocycles. The summed E-state index contributed by atoms with van der Waals surface area (Å²) in [5.74, 6) is 0.268. The number of fused-ring (bicyclic) bond motifs is 1. The zero-order valence-electron chi connectivity index (χ0n) is 12.1. The second-order valence-corrected chi connectivity index (χ2v) is 6.01. The fourth-order valence-electron chi connectivity index (χ4n) is 3.39. The lowest BCUT2D eigenvalue weighted by Gasteiger charge is -2.21. The molecule has 1 fully saturated rings. The van der Waals surface area contributed by atoms with Crippen molar-refractivity contribution in [1.82, 2.24) is 10.2 Å². The van der Waals surface area contributed by atoms with Crippen LogP contribution in [0.3, 0.4) is 0 Å². The van der Waals surface area contributed by atoms with Gasteiger partial charge in [0.2, 0.25) is 5.91 Å². The van der Waals surface area contributed by atoms with Crippen LogP contribution in [0.2, 0.25) is 0 Å². The van der Waals surface area contributed by atoms with E-state index in [-0.39, 0.29) is 5.91 Å². The highest BCUT2D eigenvalue weighted by molar-refractivity contribution is 5.78. The van der Waals surface area contributed by atoms with Crippen LogP contribution in [-0.4, -0.2) is 36.5 Å². The van der Waals surface area contributed by atoms with Crippen LogP contribution in [0.5, 0.6) is 0 Å². The Labute approximate surface area is 121 Å². The van der Waals surface area contributed by atoms with Gasteiger partial charge in [-0.3, -0.25) is 4.79 Å². The maximum absolute atomic E-state index is 12.3. The minimum atomic E-state index is 0.268. The molecule has 2 aliphatic rings. The molecular formula is C17H24N2O. The molecule has 0 bridgehead atoms. The Morgan fingerprint density at radius 3 is 2.30 bits per heavy atom. The van der Waals surface area contributed by atoms with Crippen LogP contribution in [0.1, 0.15) is 36.8 Å². The van der Waals surface area contributed by atoms with E-state index in [0.717, 1.165) is 25.9 Å². The number of hydrogen-bond acceptors (Lipinski definition) is 2. The van der Waals surface area contributed by atoms with Gasteiger partial charge in [-0.15, -0.1) is 0 Å². The predicted molar refractivity (Wildman–Crippen MR) is 80.7 cm³/mol. The van der Waals surface area contributed by atoms with Crippen LogP contribution in [-0.2, 0) is 17.6 Å². The summed E-state index contributed by atoms with van der Waals surface area (Å²) < 4.78 is 0. The minimum Gasteiger partial charge on any atom is -0.341 e. The van der Waals surface area contributed by atoms with Gasteiger partial charge in [0.15, 0.2) is 0 Å². The lowest BCUT2D eigenvalue weighted by atomic mass is 10.0. The summed E-state index contributed by atoms with van der Waals surface area (Å²) >= 11 is 0. The molecule has 3 nitrogen and oxygen atoms in total. The summed E-state index contributed by atoms with van der Waals surface area (Å²) in [5.41, 5.74) is 2.82. The Balaban J connectivity index is 1.52. The van der Waals surface area contributed by atoms with Gasteiger partial charge in [0.1, 0.15) is 0 Å². The molecule has 20 heavy (non-hydrogen) atoms. The monoisotopic (exact) mass is 272 g/mol. The molecule has 3 heteroatoms. The molecule has 1 aliphatic carbocycles. The number of benzene rings is 1. The van der Waals surface area contributed by atoms with E-state index in [2.05, 4.69) is 29.6 Å². The number of carbonyl (C=O) groups is 1. The summed E-state index contributed by atoms with van der Waals surface area (Å²) in [7, 11) is 0. The standard InChI is InChI=1S/C17H24N2O/c20-17(13-18-16-7-3-4-8-16)19-11-9-14-5-1-2-6-15(14)10-12-19/h1-2,5-6,16,18H,3-4,7-13H2. The van der Waals surface area contributed by atoms with E-state index < -0.39 is 0 Å². The normalized spacial score (nSPS) is 19.7. The van der Waals surface area contributed by atoms with Gasteiger partial charge in [0.25, 0.3) is 0 Å². The summed E-state index contributed by atoms with van der Waals surface area (Å²) in [5, 5.41) is 3.43. The van der Waals surface area contributed by atoms with Crippen LogP contribution < -0.4 is 5.32 Å². The summed E-state index contributed by atoms with van der Waals surface area (Å²) in [6.45, 7) is 2.24. The van der Waals surface area contributed by atoms with Crippen molar-refractivity contribution in [2.45, 2.75) is 44.6 Å². The van der Waals surface area contributed by atoms with Gasteiger partial charge in [-0.1, -0.05) is 37.1 Å². The third kappa shape index (κ3) is 3.21. The molecule has 0 radical (unpaired) electrons. The van der Waals surface area contributed by atoms with Crippen molar-refractivity contribution in [3.8, 4) is 0 Å². The van der Waals surface area contributed by atoms with E-state index in [0.29, 0.717) is 12.6 Å². The molecule has 1 amide bonds. The highest BCUT2D eigenvalue weighted by atomic mass is 16.2. The second-order valence-electron chi connectivity index (χ2n) is 6.01. The molecule has 0 spiro atoms. The first-order chi connectivity index (χ1) is 9.83. The zero-order chi connectivity index (χ0) is 13.8. The Bertz CT molecular complexity index is 439. The number of rotatable bonds is 3. The number of carbonyl (C=O) groups excluding carboxylic acids is 1. The Morgan fingerprint density at radius 1 is 1.10 bits per heavy atom. The summed E-state index contributed by atoms with van der Waals surface area (Å²) in [4.78, 5) is 14.4. The van der Waals surface area contributed by atoms with Gasteiger partial charge in [0, 0.05) is 19.1 Å². The molecule has 0 unspecified atom stereocenters. The molecule has 1 aliphatic heterocycles. The molecule has 0 atom stereocenters. The number of nitrogens with one attached hydrogen (secondary N) is 1. The van der Waals surface area contributed by atoms with Crippen molar-refractivity contribution in [2.24, 2.45) is 0 Å². The first-order valence-electron chi connectivity index (χ1n) is 7.91. The predicted octanol–water partition coefficient (Wildman–Crippen LogP) is 2.15. The molecular weight excluding hydrogens is 248 g/mol. The smallest absolute Gasteiger partial charge is 0.236 e. The number of amides is 1. The summed E-state index contributed by atoms with van der Waals surface area (Å²) in [6, 6.07) is 9.15. The van der Waals surface area contributed by atoms with Crippen LogP contribution in [0.15, 0.2) is 24.3 Å². The molecule has 1 saturated carbocycles. The van der Waals surface area contributed by atoms with Gasteiger partial charge in [-0.2, -0.15) is 0 Å². The Hall–Kier alpha value is -1.35. The van der Waals surface area contributed by atoms with Gasteiger partial charge in [-0.05, 0) is 36.8 Å². The first kappa shape index (κ1) is 13.6. The van der Waals surface area contributed by atoms with Crippen molar-refractivity contribution in [1.29, 1.82) is 0 Å². The van der Waals surface area contributed by atoms with Crippen molar-refractivity contribution in [3.05, 3.63) is 35.4 Å². The van der Waals surface area contributed by atoms with Crippen molar-refractivity contribution in [3.63, 3.8) is 0 Å². The summed E-state index contributed by atoms with van der Waals surface area (Å²) in [6.07, 6.45) is 7.07. The average Bonchev–Trinajstić information content (AvgIpc) is 2.90. The fraction of sp³-hybridized carbons (Fsp3) is 0.588. The van der Waals surface area contributed by atoms with Gasteiger partial charge >= 0.3 is 0 Å². The van der Waals surface area contributed by atoms with Gasteiger partial charge in [-0.25, -0.2) is 0 Å². The van der Waals surface area contributed by atoms with Crippen LogP contribution in [0.25, 0.3) is 0 Å². The zero-order valence-corrected chi connectivity index (χ0v) is 12.1. The highest BCUT2D eigenvalue weighted by Crippen LogP contribution is 2.18. The van der Waals surface area contributed by atoms with Crippen LogP contribution in [0.4, 0.5) is 0 Å². The van der Waals surface area contributed by atoms with E-state index in [1.54, 1.807) is 0 Å². The SMILES string of the molecule is O=C(CNC1CCCC1)N1CCc2ccccc2CC1.